The van der Waals surface area contributed by atoms with Gasteiger partial charge in [0.25, 0.3) is 5.88 Å². The molecule has 3 nitrogen and oxygen atoms in total. The highest BCUT2D eigenvalue weighted by molar-refractivity contribution is 9.08. The van der Waals surface area contributed by atoms with Gasteiger partial charge in [0.1, 0.15) is 0 Å². The number of pyridine rings is 1. The van der Waals surface area contributed by atoms with Gasteiger partial charge in [-0.2, -0.15) is 13.2 Å². The number of alkyl halides is 7. The van der Waals surface area contributed by atoms with Crippen LogP contribution in [-0.4, -0.2) is 16.5 Å². The number of halogens is 7. The Morgan fingerprint density at radius 2 is 1.78 bits per heavy atom. The Morgan fingerprint density at radius 1 is 1.22 bits per heavy atom. The second kappa shape index (κ2) is 4.82. The first-order valence-electron chi connectivity index (χ1n) is 4.16. The van der Waals surface area contributed by atoms with Crippen LogP contribution in [-0.2, 0) is 11.5 Å². The van der Waals surface area contributed by atoms with Gasteiger partial charge in [0.2, 0.25) is 0 Å². The van der Waals surface area contributed by atoms with Crippen LogP contribution >= 0.6 is 15.9 Å². The number of aromatic nitrogens is 1. The van der Waals surface area contributed by atoms with Gasteiger partial charge < -0.3 is 9.84 Å². The minimum absolute atomic E-state index is 0.339. The second-order valence-corrected chi connectivity index (χ2v) is 3.56. The van der Waals surface area contributed by atoms with Crippen LogP contribution < -0.4 is 4.74 Å². The molecular formula is C8H4BrF6NO2. The van der Waals surface area contributed by atoms with Crippen molar-refractivity contribution in [2.45, 2.75) is 17.9 Å². The van der Waals surface area contributed by atoms with Crippen molar-refractivity contribution in [2.24, 2.45) is 0 Å². The highest BCUT2D eigenvalue weighted by Gasteiger charge is 2.39. The lowest BCUT2D eigenvalue weighted by molar-refractivity contribution is -0.277. The van der Waals surface area contributed by atoms with Crippen molar-refractivity contribution in [1.29, 1.82) is 0 Å². The van der Waals surface area contributed by atoms with E-state index in [0.29, 0.717) is 6.07 Å². The minimum atomic E-state index is -5.25. The third-order valence-corrected chi connectivity index (χ3v) is 2.28. The van der Waals surface area contributed by atoms with Crippen LogP contribution in [0.4, 0.5) is 26.3 Å². The van der Waals surface area contributed by atoms with E-state index in [0.717, 1.165) is 0 Å². The van der Waals surface area contributed by atoms with Gasteiger partial charge >= 0.3 is 12.5 Å². The van der Waals surface area contributed by atoms with Crippen molar-refractivity contribution >= 4 is 15.9 Å². The average Bonchev–Trinajstić information content (AvgIpc) is 2.16. The predicted molar refractivity (Wildman–Crippen MR) is 50.2 cm³/mol. The van der Waals surface area contributed by atoms with E-state index in [1.165, 1.54) is 0 Å². The summed E-state index contributed by atoms with van der Waals surface area (Å²) in [6.45, 7) is 0. The quantitative estimate of drug-likeness (QED) is 0.661. The Kier molecular flexibility index (Phi) is 3.99. The molecule has 1 heterocycles. The normalized spacial score (nSPS) is 12.6. The molecule has 0 saturated carbocycles. The summed E-state index contributed by atoms with van der Waals surface area (Å²) < 4.78 is 76.2. The highest BCUT2D eigenvalue weighted by Crippen LogP contribution is 2.38. The Labute approximate surface area is 105 Å². The summed E-state index contributed by atoms with van der Waals surface area (Å²) in [6.07, 6.45) is -10.2. The van der Waals surface area contributed by atoms with Crippen LogP contribution in [0.25, 0.3) is 0 Å². The molecule has 0 spiro atoms. The maximum Gasteiger partial charge on any atom is 0.574 e. The molecule has 0 aliphatic rings. The van der Waals surface area contributed by atoms with Crippen LogP contribution in [0, 0.1) is 0 Å². The van der Waals surface area contributed by atoms with Crippen molar-refractivity contribution in [2.75, 3.05) is 0 Å². The molecule has 0 fully saturated rings. The Balaban J connectivity index is 3.31. The van der Waals surface area contributed by atoms with Crippen LogP contribution in [0.3, 0.4) is 0 Å². The van der Waals surface area contributed by atoms with Gasteiger partial charge in [-0.25, -0.2) is 4.98 Å². The Morgan fingerprint density at radius 3 is 2.17 bits per heavy atom. The van der Waals surface area contributed by atoms with Gasteiger partial charge in [-0.15, -0.1) is 13.2 Å². The summed E-state index contributed by atoms with van der Waals surface area (Å²) in [5, 5.41) is 8.76. The minimum Gasteiger partial charge on any atom is -0.503 e. The third-order valence-electron chi connectivity index (χ3n) is 1.67. The molecule has 10 heteroatoms. The maximum absolute atomic E-state index is 12.5. The zero-order valence-electron chi connectivity index (χ0n) is 8.23. The molecule has 0 saturated heterocycles. The molecule has 1 aromatic heterocycles. The van der Waals surface area contributed by atoms with E-state index in [1.54, 1.807) is 0 Å². The molecule has 0 aliphatic carbocycles. The number of hydrogen-bond donors (Lipinski definition) is 1. The summed E-state index contributed by atoms with van der Waals surface area (Å²) in [4.78, 5) is 2.65. The molecule has 0 unspecified atom stereocenters. The number of aromatic hydroxyl groups is 1. The summed E-state index contributed by atoms with van der Waals surface area (Å²) in [6, 6.07) is 0.506. The van der Waals surface area contributed by atoms with Gasteiger partial charge in [0, 0.05) is 5.33 Å². The smallest absolute Gasteiger partial charge is 0.503 e. The number of rotatable bonds is 2. The summed E-state index contributed by atoms with van der Waals surface area (Å²) in [5.41, 5.74) is -2.06. The molecule has 1 N–H and O–H groups in total. The van der Waals surface area contributed by atoms with Crippen LogP contribution in [0.15, 0.2) is 6.07 Å². The number of nitrogens with zero attached hydrogens (tertiary/aromatic N) is 1. The van der Waals surface area contributed by atoms with E-state index in [2.05, 4.69) is 25.7 Å². The fourth-order valence-electron chi connectivity index (χ4n) is 1.06. The van der Waals surface area contributed by atoms with Crippen molar-refractivity contribution in [3.05, 3.63) is 17.3 Å². The molecular weight excluding hydrogens is 336 g/mol. The van der Waals surface area contributed by atoms with E-state index in [9.17, 15) is 26.3 Å². The van der Waals surface area contributed by atoms with E-state index in [4.69, 9.17) is 5.11 Å². The molecule has 18 heavy (non-hydrogen) atoms. The van der Waals surface area contributed by atoms with Gasteiger partial charge in [-0.05, 0) is 11.6 Å². The van der Waals surface area contributed by atoms with Crippen molar-refractivity contribution < 1.29 is 36.2 Å². The van der Waals surface area contributed by atoms with Crippen molar-refractivity contribution in [3.63, 3.8) is 0 Å². The highest BCUT2D eigenvalue weighted by atomic mass is 79.9. The van der Waals surface area contributed by atoms with E-state index in [1.807, 2.05) is 0 Å². The molecule has 0 radical (unpaired) electrons. The first-order valence-corrected chi connectivity index (χ1v) is 5.28. The first-order chi connectivity index (χ1) is 8.04. The fraction of sp³-hybridized carbons (Fsp3) is 0.375. The molecule has 0 atom stereocenters. The second-order valence-electron chi connectivity index (χ2n) is 3.00. The monoisotopic (exact) mass is 339 g/mol. The topological polar surface area (TPSA) is 42.4 Å². The SMILES string of the molecule is Oc1cc(CBr)c(C(F)(F)F)nc1OC(F)(F)F. The number of ether oxygens (including phenoxy) is 1. The van der Waals surface area contributed by atoms with Gasteiger partial charge in [-0.1, -0.05) is 15.9 Å². The van der Waals surface area contributed by atoms with Gasteiger partial charge in [0.05, 0.1) is 0 Å². The predicted octanol–water partition coefficient (Wildman–Crippen LogP) is 3.60. The lowest BCUT2D eigenvalue weighted by Gasteiger charge is -2.14. The number of hydrogen-bond acceptors (Lipinski definition) is 3. The molecule has 0 aromatic carbocycles. The zero-order valence-corrected chi connectivity index (χ0v) is 9.82. The van der Waals surface area contributed by atoms with Gasteiger partial charge in [-0.3, -0.25) is 0 Å². The maximum atomic E-state index is 12.5. The molecule has 0 bridgehead atoms. The fourth-order valence-corrected chi connectivity index (χ4v) is 1.49. The Bertz CT molecular complexity index is 444. The summed E-state index contributed by atoms with van der Waals surface area (Å²) in [5.74, 6) is -2.67. The zero-order chi connectivity index (χ0) is 14.1. The first kappa shape index (κ1) is 14.9. The molecule has 0 amide bonds. The van der Waals surface area contributed by atoms with Crippen LogP contribution in [0.1, 0.15) is 11.3 Å². The van der Waals surface area contributed by atoms with Gasteiger partial charge in [0.15, 0.2) is 11.4 Å². The van der Waals surface area contributed by atoms with Crippen LogP contribution in [0.5, 0.6) is 11.6 Å². The van der Waals surface area contributed by atoms with E-state index < -0.39 is 35.4 Å². The standard InChI is InChI=1S/C8H4BrF6NO2/c9-2-3-1-4(17)6(18-8(13,14)15)16-5(3)7(10,11)12/h1,17H,2H2. The summed E-state index contributed by atoms with van der Waals surface area (Å²) in [7, 11) is 0. The molecule has 1 rings (SSSR count). The van der Waals surface area contributed by atoms with Crippen LogP contribution in [0.2, 0.25) is 0 Å². The molecule has 0 aliphatic heterocycles. The molecule has 102 valence electrons. The average molecular weight is 340 g/mol. The largest absolute Gasteiger partial charge is 0.574 e. The van der Waals surface area contributed by atoms with E-state index in [-0.39, 0.29) is 5.33 Å². The Hall–Kier alpha value is -1.19. The third kappa shape index (κ3) is 3.65. The van der Waals surface area contributed by atoms with E-state index >= 15 is 0 Å². The van der Waals surface area contributed by atoms with Crippen molar-refractivity contribution in [1.82, 2.24) is 4.98 Å². The summed E-state index contributed by atoms with van der Waals surface area (Å²) >= 11 is 2.71. The lowest BCUT2D eigenvalue weighted by Crippen LogP contribution is -2.20. The lowest BCUT2D eigenvalue weighted by atomic mass is 10.2. The van der Waals surface area contributed by atoms with Crippen molar-refractivity contribution in [3.8, 4) is 11.6 Å². The molecule has 1 aromatic rings.